The number of aliphatic hydroxyl groups is 1. The van der Waals surface area contributed by atoms with Gasteiger partial charge in [-0.1, -0.05) is 30.6 Å². The molecule has 1 atom stereocenters. The Labute approximate surface area is 368 Å². The van der Waals surface area contributed by atoms with E-state index in [4.69, 9.17) is 64.7 Å². The fraction of sp³-hybridized carbons (Fsp3) is 0.700. The predicted octanol–water partition coefficient (Wildman–Crippen LogP) is 4.42. The second kappa shape index (κ2) is 32.7. The molecule has 0 aliphatic rings. The summed E-state index contributed by atoms with van der Waals surface area (Å²) in [4.78, 5) is 29.4. The second-order valence-electron chi connectivity index (χ2n) is 14.0. The molecule has 0 radical (unpaired) electrons. The van der Waals surface area contributed by atoms with E-state index in [1.165, 1.54) is 0 Å². The number of hydrogen-bond acceptors (Lipinski definition) is 17. The Kier molecular flexibility index (Phi) is 27.6. The minimum atomic E-state index is -0.325. The van der Waals surface area contributed by atoms with Crippen molar-refractivity contribution < 1.29 is 52.5 Å². The molecule has 1 aromatic carbocycles. The molecule has 1 amide bonds. The van der Waals surface area contributed by atoms with Crippen molar-refractivity contribution in [1.82, 2.24) is 24.8 Å². The van der Waals surface area contributed by atoms with Crippen molar-refractivity contribution in [1.29, 1.82) is 0 Å². The summed E-state index contributed by atoms with van der Waals surface area (Å²) in [7, 11) is 0. The molecule has 3 aromatic rings. The first-order valence-corrected chi connectivity index (χ1v) is 21.3. The van der Waals surface area contributed by atoms with Gasteiger partial charge in [-0.15, -0.1) is 0 Å². The van der Waals surface area contributed by atoms with Gasteiger partial charge in [-0.05, 0) is 43.5 Å². The number of amides is 1. The summed E-state index contributed by atoms with van der Waals surface area (Å²) in [5.41, 5.74) is 10.3. The number of nitrogens with zero attached hydrogens (tertiary/aromatic N) is 7. The molecule has 0 fully saturated rings. The number of aromatic nitrogens is 4. The Morgan fingerprint density at radius 2 is 1.27 bits per heavy atom. The summed E-state index contributed by atoms with van der Waals surface area (Å²) in [6.07, 6.45) is 1.72. The molecule has 1 unspecified atom stereocenters. The van der Waals surface area contributed by atoms with Crippen LogP contribution in [0.1, 0.15) is 44.1 Å². The van der Waals surface area contributed by atoms with E-state index in [1.54, 1.807) is 24.5 Å². The number of hydrogen-bond donors (Lipinski definition) is 4. The fourth-order valence-corrected chi connectivity index (χ4v) is 5.56. The number of fused-ring (bicyclic) bond motifs is 1. The van der Waals surface area contributed by atoms with Crippen molar-refractivity contribution in [3.8, 4) is 0 Å². The van der Waals surface area contributed by atoms with Crippen LogP contribution >= 0.6 is 11.6 Å². The molecule has 21 nitrogen and oxygen atoms in total. The van der Waals surface area contributed by atoms with Gasteiger partial charge in [0, 0.05) is 29.7 Å². The highest BCUT2D eigenvalue weighted by atomic mass is 35.5. The van der Waals surface area contributed by atoms with E-state index < -0.39 is 0 Å². The Balaban J connectivity index is 1.14. The minimum absolute atomic E-state index is 0.0709. The van der Waals surface area contributed by atoms with Crippen LogP contribution in [0, 0.1) is 5.92 Å². The van der Waals surface area contributed by atoms with Gasteiger partial charge in [0.05, 0.1) is 148 Å². The quantitative estimate of drug-likeness (QED) is 0.0269. The Hall–Kier alpha value is -3.96. The number of carbonyl (C=O) groups excluding carboxylic acids is 1. The van der Waals surface area contributed by atoms with E-state index in [0.717, 1.165) is 0 Å². The Bertz CT molecular complexity index is 1720. The first-order chi connectivity index (χ1) is 30.2. The van der Waals surface area contributed by atoms with Gasteiger partial charge in [-0.2, -0.15) is 9.97 Å². The average Bonchev–Trinajstić information content (AvgIpc) is 3.69. The van der Waals surface area contributed by atoms with Crippen LogP contribution < -0.4 is 16.0 Å². The molecule has 0 spiro atoms. The normalized spacial score (nSPS) is 12.0. The average molecular weight is 897 g/mol. The van der Waals surface area contributed by atoms with Crippen LogP contribution in [0.15, 0.2) is 29.6 Å². The van der Waals surface area contributed by atoms with Crippen LogP contribution in [0.3, 0.4) is 0 Å². The zero-order chi connectivity index (χ0) is 44.6. The topological polar surface area (TPSA) is 249 Å². The molecule has 2 aromatic heterocycles. The van der Waals surface area contributed by atoms with Crippen molar-refractivity contribution >= 4 is 46.1 Å². The lowest BCUT2D eigenvalue weighted by Gasteiger charge is -2.20. The highest BCUT2D eigenvalue weighted by molar-refractivity contribution is 6.34. The number of carbonyl (C=O) groups is 1. The zero-order valence-corrected chi connectivity index (χ0v) is 37.2. The molecular weight excluding hydrogens is 832 g/mol. The molecule has 0 saturated heterocycles. The maximum absolute atomic E-state index is 12.9. The largest absolute Gasteiger partial charge is 0.394 e. The van der Waals surface area contributed by atoms with Crippen LogP contribution in [0.4, 0.5) is 17.5 Å². The van der Waals surface area contributed by atoms with E-state index in [-0.39, 0.29) is 35.5 Å². The lowest BCUT2D eigenvalue weighted by molar-refractivity contribution is -0.0248. The summed E-state index contributed by atoms with van der Waals surface area (Å²) >= 11 is 6.55. The maximum atomic E-state index is 12.9. The number of ether oxygens (including phenoxy) is 9. The van der Waals surface area contributed by atoms with Crippen LogP contribution in [-0.2, 0) is 42.6 Å². The lowest BCUT2D eigenvalue weighted by Crippen LogP contribution is -2.30. The predicted molar refractivity (Wildman–Crippen MR) is 233 cm³/mol. The second-order valence-corrected chi connectivity index (χ2v) is 14.4. The van der Waals surface area contributed by atoms with Gasteiger partial charge >= 0.3 is 0 Å². The molecule has 0 aliphatic carbocycles. The summed E-state index contributed by atoms with van der Waals surface area (Å²) in [5, 5.41) is 22.8. The van der Waals surface area contributed by atoms with Gasteiger partial charge in [-0.3, -0.25) is 4.79 Å². The summed E-state index contributed by atoms with van der Waals surface area (Å²) < 4.78 is 51.1. The standard InChI is InChI=1S/C40H65ClN10O11/c1-30(2)35(28-52)47-40-48-37(36-38(49-40)51(29-44-36)31(3)4)46-32-5-6-33(34(41)27-32)39(53)43-7-9-54-11-13-56-15-17-58-19-21-60-23-25-62-26-24-61-22-20-59-18-16-57-14-12-55-10-8-45-50-42/h5-6,27,29-31,35,52H,7-26,28H2,1-4H3,(H,43,53)(H2,46,47,48,49). The third kappa shape index (κ3) is 21.4. The number of benzene rings is 1. The zero-order valence-electron chi connectivity index (χ0n) is 36.4. The number of nitrogens with one attached hydrogen (secondary N) is 3. The molecule has 4 N–H and O–H groups in total. The maximum Gasteiger partial charge on any atom is 0.252 e. The van der Waals surface area contributed by atoms with Gasteiger partial charge in [0.15, 0.2) is 17.0 Å². The van der Waals surface area contributed by atoms with E-state index in [0.29, 0.717) is 166 Å². The van der Waals surface area contributed by atoms with Crippen molar-refractivity contribution in [2.75, 3.05) is 149 Å². The van der Waals surface area contributed by atoms with Crippen LogP contribution in [0.5, 0.6) is 0 Å². The van der Waals surface area contributed by atoms with E-state index >= 15 is 0 Å². The number of anilines is 3. The number of imidazole rings is 1. The molecule has 22 heteroatoms. The van der Waals surface area contributed by atoms with Crippen molar-refractivity contribution in [2.45, 2.75) is 39.8 Å². The third-order valence-corrected chi connectivity index (χ3v) is 8.99. The monoisotopic (exact) mass is 896 g/mol. The Morgan fingerprint density at radius 1 is 0.774 bits per heavy atom. The van der Waals surface area contributed by atoms with E-state index in [2.05, 4.69) is 35.9 Å². The van der Waals surface area contributed by atoms with Crippen LogP contribution in [-0.4, -0.2) is 175 Å². The van der Waals surface area contributed by atoms with E-state index in [9.17, 15) is 9.90 Å². The van der Waals surface area contributed by atoms with Gasteiger partial charge in [0.1, 0.15) is 0 Å². The van der Waals surface area contributed by atoms with Gasteiger partial charge < -0.3 is 68.3 Å². The fourth-order valence-electron chi connectivity index (χ4n) is 5.29. The van der Waals surface area contributed by atoms with Crippen LogP contribution in [0.2, 0.25) is 5.02 Å². The lowest BCUT2D eigenvalue weighted by atomic mass is 10.1. The summed E-state index contributed by atoms with van der Waals surface area (Å²) in [6.45, 7) is 16.5. The molecule has 62 heavy (non-hydrogen) atoms. The molecule has 0 saturated carbocycles. The van der Waals surface area contributed by atoms with E-state index in [1.807, 2.05) is 32.3 Å². The van der Waals surface area contributed by atoms with Crippen molar-refractivity contribution in [3.05, 3.63) is 45.6 Å². The highest BCUT2D eigenvalue weighted by Crippen LogP contribution is 2.29. The summed E-state index contributed by atoms with van der Waals surface area (Å²) in [5.74, 6) is 0.640. The number of rotatable bonds is 38. The first kappa shape index (κ1) is 52.4. The third-order valence-electron chi connectivity index (χ3n) is 8.68. The molecule has 0 bridgehead atoms. The van der Waals surface area contributed by atoms with Gasteiger partial charge in [0.2, 0.25) is 5.95 Å². The molecule has 348 valence electrons. The SMILES string of the molecule is CC(C)C(CO)Nc1nc(Nc2ccc(C(=O)NCCOCCOCCOCCOCCOCCOCCOCCOCCOCCN=[N+]=[N-])c(Cl)c2)c2ncn(C(C)C)c2n1. The molecule has 3 rings (SSSR count). The Morgan fingerprint density at radius 3 is 1.73 bits per heavy atom. The smallest absolute Gasteiger partial charge is 0.252 e. The summed E-state index contributed by atoms with van der Waals surface area (Å²) in [6, 6.07) is 4.91. The van der Waals surface area contributed by atoms with Gasteiger partial charge in [0.25, 0.3) is 5.91 Å². The number of azide groups is 1. The molecule has 2 heterocycles. The highest BCUT2D eigenvalue weighted by Gasteiger charge is 2.19. The first-order valence-electron chi connectivity index (χ1n) is 20.9. The molecule has 0 aliphatic heterocycles. The van der Waals surface area contributed by atoms with Crippen molar-refractivity contribution in [3.63, 3.8) is 0 Å². The van der Waals surface area contributed by atoms with Crippen LogP contribution in [0.25, 0.3) is 21.6 Å². The van der Waals surface area contributed by atoms with Gasteiger partial charge in [-0.25, -0.2) is 4.98 Å². The molecular formula is C40H65ClN10O11. The number of halogens is 1. The number of aliphatic hydroxyl groups excluding tert-OH is 1. The van der Waals surface area contributed by atoms with Crippen molar-refractivity contribution in [2.24, 2.45) is 11.0 Å². The minimum Gasteiger partial charge on any atom is -0.394 e.